The fraction of sp³-hybridized carbons (Fsp3) is 0.182. The highest BCUT2D eigenvalue weighted by Crippen LogP contribution is 2.25. The van der Waals surface area contributed by atoms with Crippen LogP contribution >= 0.6 is 0 Å². The molecule has 0 unspecified atom stereocenters. The van der Waals surface area contributed by atoms with Crippen molar-refractivity contribution in [2.24, 2.45) is 12.2 Å². The van der Waals surface area contributed by atoms with E-state index >= 15 is 0 Å². The predicted octanol–water partition coefficient (Wildman–Crippen LogP) is 3.07. The van der Waals surface area contributed by atoms with E-state index in [0.717, 1.165) is 17.2 Å². The van der Waals surface area contributed by atoms with Crippen LogP contribution in [0.4, 0.5) is 0 Å². The van der Waals surface area contributed by atoms with E-state index in [1.807, 2.05) is 26.0 Å². The maximum absolute atomic E-state index is 13.2. The molecule has 1 aromatic heterocycles. The Morgan fingerprint density at radius 2 is 1.50 bits per heavy atom. The summed E-state index contributed by atoms with van der Waals surface area (Å²) in [6, 6.07) is 15.2. The highest BCUT2D eigenvalue weighted by atomic mass is 32.2. The molecule has 0 amide bonds. The van der Waals surface area contributed by atoms with Crippen molar-refractivity contribution in [2.75, 3.05) is 0 Å². The average molecular weight is 426 g/mol. The largest absolute Gasteiger partial charge is 0.444 e. The van der Waals surface area contributed by atoms with Gasteiger partial charge in [-0.25, -0.2) is 18.4 Å². The van der Waals surface area contributed by atoms with Crippen LogP contribution in [0, 0.1) is 13.8 Å². The third kappa shape index (κ3) is 4.67. The summed E-state index contributed by atoms with van der Waals surface area (Å²) in [4.78, 5) is 25.8. The Bertz CT molecular complexity index is 1190. The quantitative estimate of drug-likeness (QED) is 0.481. The van der Waals surface area contributed by atoms with Crippen molar-refractivity contribution >= 4 is 21.8 Å². The van der Waals surface area contributed by atoms with Crippen LogP contribution in [0.3, 0.4) is 0 Å². The van der Waals surface area contributed by atoms with Gasteiger partial charge in [-0.05, 0) is 19.9 Å². The maximum atomic E-state index is 13.2. The highest BCUT2D eigenvalue weighted by molar-refractivity contribution is 7.89. The molecular formula is C22H22N2O5S. The van der Waals surface area contributed by atoms with Crippen LogP contribution in [-0.2, 0) is 21.8 Å². The summed E-state index contributed by atoms with van der Waals surface area (Å²) in [7, 11) is -2.49. The maximum Gasteiger partial charge on any atom is 0.356 e. The Hall–Kier alpha value is -3.23. The van der Waals surface area contributed by atoms with Crippen LogP contribution in [0.15, 0.2) is 65.7 Å². The lowest BCUT2D eigenvalue weighted by atomic mass is 9.98. The van der Waals surface area contributed by atoms with Crippen molar-refractivity contribution < 1.29 is 22.7 Å². The number of aryl methyl sites for hydroxylation is 3. The zero-order valence-corrected chi connectivity index (χ0v) is 17.6. The average Bonchev–Trinajstić information content (AvgIpc) is 3.09. The van der Waals surface area contributed by atoms with Gasteiger partial charge in [-0.15, -0.1) is 0 Å². The second-order valence-electron chi connectivity index (χ2n) is 7.14. The number of sulfonamides is 1. The lowest BCUT2D eigenvalue weighted by molar-refractivity contribution is 0.0271. The number of rotatable bonds is 6. The number of esters is 1. The van der Waals surface area contributed by atoms with Gasteiger partial charge in [-0.1, -0.05) is 59.7 Å². The summed E-state index contributed by atoms with van der Waals surface area (Å²) >= 11 is 0. The normalized spacial score (nSPS) is 12.4. The summed E-state index contributed by atoms with van der Waals surface area (Å²) in [6.45, 7) is 3.82. The summed E-state index contributed by atoms with van der Waals surface area (Å²) in [5, 5.41) is 5.13. The fourth-order valence-electron chi connectivity index (χ4n) is 2.94. The van der Waals surface area contributed by atoms with Crippen molar-refractivity contribution in [3.8, 4) is 0 Å². The first kappa shape index (κ1) is 21.5. The zero-order valence-electron chi connectivity index (χ0n) is 16.8. The first-order valence-corrected chi connectivity index (χ1v) is 10.7. The number of hydrogen-bond acceptors (Lipinski definition) is 5. The van der Waals surface area contributed by atoms with Crippen LogP contribution in [0.25, 0.3) is 0 Å². The molecule has 0 bridgehead atoms. The number of aromatic nitrogens is 1. The van der Waals surface area contributed by atoms with E-state index in [2.05, 4.69) is 0 Å². The Morgan fingerprint density at radius 1 is 0.967 bits per heavy atom. The molecule has 0 saturated carbocycles. The Morgan fingerprint density at radius 3 is 2.00 bits per heavy atom. The molecule has 0 radical (unpaired) electrons. The number of Topliss-reactive ketones (excluding diaryl/α,β-unsaturated/α-hetero) is 1. The molecule has 30 heavy (non-hydrogen) atoms. The molecule has 0 fully saturated rings. The van der Waals surface area contributed by atoms with Crippen LogP contribution in [-0.4, -0.2) is 24.7 Å². The van der Waals surface area contributed by atoms with Crippen molar-refractivity contribution in [1.29, 1.82) is 0 Å². The van der Waals surface area contributed by atoms with Gasteiger partial charge in [0.1, 0.15) is 10.6 Å². The molecule has 1 heterocycles. The molecule has 2 N–H and O–H groups in total. The molecule has 7 nitrogen and oxygen atoms in total. The molecule has 156 valence electrons. The van der Waals surface area contributed by atoms with Crippen molar-refractivity contribution in [3.05, 3.63) is 88.7 Å². The Kier molecular flexibility index (Phi) is 5.91. The number of nitrogens with two attached hydrogens (primary N) is 1. The molecule has 0 saturated heterocycles. The van der Waals surface area contributed by atoms with E-state index in [0.29, 0.717) is 11.1 Å². The number of benzene rings is 2. The van der Waals surface area contributed by atoms with E-state index in [4.69, 9.17) is 9.88 Å². The Balaban J connectivity index is 1.97. The van der Waals surface area contributed by atoms with E-state index in [1.165, 1.54) is 17.8 Å². The van der Waals surface area contributed by atoms with E-state index < -0.39 is 22.1 Å². The van der Waals surface area contributed by atoms with Gasteiger partial charge in [0.25, 0.3) is 0 Å². The molecule has 0 spiro atoms. The van der Waals surface area contributed by atoms with Crippen molar-refractivity contribution in [2.45, 2.75) is 24.8 Å². The van der Waals surface area contributed by atoms with Gasteiger partial charge in [0, 0.05) is 24.4 Å². The van der Waals surface area contributed by atoms with Gasteiger partial charge >= 0.3 is 5.97 Å². The number of nitrogens with zero attached hydrogens (tertiary/aromatic N) is 1. The molecule has 3 rings (SSSR count). The van der Waals surface area contributed by atoms with Gasteiger partial charge < -0.3 is 9.30 Å². The monoisotopic (exact) mass is 426 g/mol. The third-order valence-corrected chi connectivity index (χ3v) is 5.58. The number of hydrogen-bond donors (Lipinski definition) is 1. The molecule has 8 heteroatoms. The minimum Gasteiger partial charge on any atom is -0.444 e. The van der Waals surface area contributed by atoms with Gasteiger partial charge in [0.15, 0.2) is 6.10 Å². The van der Waals surface area contributed by atoms with Gasteiger partial charge in [-0.2, -0.15) is 0 Å². The van der Waals surface area contributed by atoms with Gasteiger partial charge in [-0.3, -0.25) is 4.79 Å². The minimum atomic E-state index is -3.98. The second-order valence-corrected chi connectivity index (χ2v) is 8.70. The summed E-state index contributed by atoms with van der Waals surface area (Å²) in [6.07, 6.45) is 0.0304. The lowest BCUT2D eigenvalue weighted by Gasteiger charge is -2.18. The van der Waals surface area contributed by atoms with Gasteiger partial charge in [0.05, 0.1) is 0 Å². The number of carbonyl (C=O) groups excluding carboxylic acids is 2. The summed E-state index contributed by atoms with van der Waals surface area (Å²) in [5.74, 6) is -1.22. The number of ether oxygens (including phenoxy) is 1. The van der Waals surface area contributed by atoms with Crippen LogP contribution in [0.5, 0.6) is 0 Å². The van der Waals surface area contributed by atoms with Crippen molar-refractivity contribution in [1.82, 2.24) is 4.57 Å². The van der Waals surface area contributed by atoms with Crippen LogP contribution in [0.1, 0.15) is 43.6 Å². The van der Waals surface area contributed by atoms with E-state index in [9.17, 15) is 18.0 Å². The topological polar surface area (TPSA) is 108 Å². The fourth-order valence-corrected chi connectivity index (χ4v) is 3.52. The summed E-state index contributed by atoms with van der Waals surface area (Å²) in [5.41, 5.74) is 2.87. The minimum absolute atomic E-state index is 0.0344. The first-order chi connectivity index (χ1) is 14.1. The summed E-state index contributed by atoms with van der Waals surface area (Å²) < 4.78 is 30.0. The first-order valence-electron chi connectivity index (χ1n) is 9.14. The SMILES string of the molecule is Cc1ccc(C(=O)[C@H](OC(=O)c2cc(S(N)(=O)=O)cn2C)c2ccc(C)cc2)cc1. The molecule has 3 aromatic rings. The third-order valence-electron chi connectivity index (χ3n) is 4.70. The molecule has 2 aromatic carbocycles. The van der Waals surface area contributed by atoms with Crippen LogP contribution in [0.2, 0.25) is 0 Å². The smallest absolute Gasteiger partial charge is 0.356 e. The second kappa shape index (κ2) is 8.25. The van der Waals surface area contributed by atoms with E-state index in [-0.39, 0.29) is 16.4 Å². The zero-order chi connectivity index (χ0) is 22.1. The lowest BCUT2D eigenvalue weighted by Crippen LogP contribution is -2.21. The number of ketones is 1. The molecular weight excluding hydrogens is 404 g/mol. The standard InChI is InChI=1S/C22H22N2O5S/c1-14-4-8-16(9-5-14)20(25)21(17-10-6-15(2)7-11-17)29-22(26)19-12-18(13-24(19)3)30(23,27)28/h4-13,21H,1-3H3,(H2,23,27,28)/t21-/m1/s1. The molecule has 0 aliphatic heterocycles. The van der Waals surface area contributed by atoms with Crippen molar-refractivity contribution in [3.63, 3.8) is 0 Å². The molecule has 0 aliphatic rings. The Labute approximate surface area is 175 Å². The van der Waals surface area contributed by atoms with Gasteiger partial charge in [0.2, 0.25) is 15.8 Å². The highest BCUT2D eigenvalue weighted by Gasteiger charge is 2.28. The molecule has 1 atom stereocenters. The van der Waals surface area contributed by atoms with E-state index in [1.54, 1.807) is 36.4 Å². The number of primary sulfonamides is 1. The van der Waals surface area contributed by atoms with Crippen LogP contribution < -0.4 is 5.14 Å². The number of carbonyl (C=O) groups is 2. The molecule has 0 aliphatic carbocycles. The predicted molar refractivity (Wildman–Crippen MR) is 112 cm³/mol.